The molecule has 1 N–H and O–H groups in total. The van der Waals surface area contributed by atoms with Crippen LogP contribution in [-0.4, -0.2) is 50.6 Å². The van der Waals surface area contributed by atoms with Crippen LogP contribution in [0.4, 0.5) is 13.6 Å². The molecule has 4 rings (SSSR count). The first-order valence-corrected chi connectivity index (χ1v) is 9.63. The van der Waals surface area contributed by atoms with E-state index in [-0.39, 0.29) is 12.8 Å². The summed E-state index contributed by atoms with van der Waals surface area (Å²) in [4.78, 5) is 46.7. The fraction of sp³-hybridized carbons (Fsp3) is 0.381. The van der Waals surface area contributed by atoms with Crippen molar-refractivity contribution in [2.75, 3.05) is 6.54 Å². The zero-order valence-electron chi connectivity index (χ0n) is 16.3. The third-order valence-electron chi connectivity index (χ3n) is 5.81. The summed E-state index contributed by atoms with van der Waals surface area (Å²) in [5.74, 6) is -3.85. The van der Waals surface area contributed by atoms with Gasteiger partial charge in [0.1, 0.15) is 11.9 Å². The highest BCUT2D eigenvalue weighted by Crippen LogP contribution is 2.41. The number of ketones is 1. The van der Waals surface area contributed by atoms with Crippen molar-refractivity contribution in [2.45, 2.75) is 44.1 Å². The van der Waals surface area contributed by atoms with Crippen LogP contribution in [0.15, 0.2) is 36.8 Å². The maximum Gasteiger partial charge on any atom is 0.325 e. The summed E-state index contributed by atoms with van der Waals surface area (Å²) in [7, 11) is 0. The van der Waals surface area contributed by atoms with Crippen LogP contribution in [-0.2, 0) is 4.79 Å². The van der Waals surface area contributed by atoms with E-state index in [0.717, 1.165) is 21.7 Å². The topological polar surface area (TPSA) is 92.3 Å². The number of imide groups is 1. The van der Waals surface area contributed by atoms with Crippen molar-refractivity contribution >= 4 is 17.7 Å². The van der Waals surface area contributed by atoms with Crippen LogP contribution >= 0.6 is 0 Å². The number of benzene rings is 1. The van der Waals surface area contributed by atoms with Gasteiger partial charge in [0.05, 0.1) is 6.54 Å². The van der Waals surface area contributed by atoms with Gasteiger partial charge in [-0.2, -0.15) is 0 Å². The zero-order valence-corrected chi connectivity index (χ0v) is 16.3. The van der Waals surface area contributed by atoms with Crippen LogP contribution in [0, 0.1) is 6.92 Å². The second-order valence-corrected chi connectivity index (χ2v) is 7.78. The molecular formula is C21H20F2N4O3. The van der Waals surface area contributed by atoms with Crippen LogP contribution in [0.3, 0.4) is 0 Å². The lowest BCUT2D eigenvalue weighted by Gasteiger charge is -2.34. The lowest BCUT2D eigenvalue weighted by molar-refractivity contribution is -0.135. The smallest absolute Gasteiger partial charge is 0.323 e. The Balaban J connectivity index is 1.47. The molecule has 0 bridgehead atoms. The Labute approximate surface area is 171 Å². The maximum atomic E-state index is 13.5. The summed E-state index contributed by atoms with van der Waals surface area (Å²) < 4.78 is 26.9. The summed E-state index contributed by atoms with van der Waals surface area (Å²) in [5.41, 5.74) is 1.48. The van der Waals surface area contributed by atoms with Crippen LogP contribution in [0.1, 0.15) is 41.7 Å². The molecule has 30 heavy (non-hydrogen) atoms. The molecule has 2 aromatic rings. The molecule has 9 heteroatoms. The highest BCUT2D eigenvalue weighted by Gasteiger charge is 2.55. The number of carbonyl (C=O) groups is 3. The quantitative estimate of drug-likeness (QED) is 0.613. The molecule has 1 saturated carbocycles. The Morgan fingerprint density at radius 3 is 2.43 bits per heavy atom. The summed E-state index contributed by atoms with van der Waals surface area (Å²) in [6.45, 7) is 1.42. The molecule has 0 unspecified atom stereocenters. The fourth-order valence-corrected chi connectivity index (χ4v) is 3.95. The Morgan fingerprint density at radius 2 is 1.80 bits per heavy atom. The second-order valence-electron chi connectivity index (χ2n) is 7.78. The minimum Gasteiger partial charge on any atom is -0.323 e. The van der Waals surface area contributed by atoms with Crippen molar-refractivity contribution in [1.82, 2.24) is 20.2 Å². The molecule has 1 aliphatic heterocycles. The lowest BCUT2D eigenvalue weighted by Crippen LogP contribution is -2.51. The summed E-state index contributed by atoms with van der Waals surface area (Å²) in [6, 6.07) is 6.00. The third-order valence-corrected chi connectivity index (χ3v) is 5.81. The van der Waals surface area contributed by atoms with Crippen LogP contribution in [0.2, 0.25) is 0 Å². The maximum absolute atomic E-state index is 13.5. The van der Waals surface area contributed by atoms with Gasteiger partial charge < -0.3 is 5.32 Å². The number of amides is 3. The van der Waals surface area contributed by atoms with Crippen molar-refractivity contribution in [3.05, 3.63) is 48.0 Å². The third kappa shape index (κ3) is 3.55. The van der Waals surface area contributed by atoms with Gasteiger partial charge in [0, 0.05) is 35.9 Å². The van der Waals surface area contributed by atoms with E-state index in [1.807, 2.05) is 6.92 Å². The molecule has 2 aliphatic rings. The number of carbonyl (C=O) groups excluding carboxylic acids is 3. The lowest BCUT2D eigenvalue weighted by atomic mass is 9.80. The van der Waals surface area contributed by atoms with E-state index in [1.54, 1.807) is 30.5 Å². The van der Waals surface area contributed by atoms with Crippen molar-refractivity contribution in [3.8, 4) is 11.1 Å². The zero-order chi connectivity index (χ0) is 21.5. The highest BCUT2D eigenvalue weighted by atomic mass is 19.3. The summed E-state index contributed by atoms with van der Waals surface area (Å²) in [6.07, 6.45) is 1.93. The van der Waals surface area contributed by atoms with E-state index in [4.69, 9.17) is 0 Å². The van der Waals surface area contributed by atoms with Gasteiger partial charge >= 0.3 is 6.03 Å². The number of aryl methyl sites for hydroxylation is 1. The van der Waals surface area contributed by atoms with E-state index in [1.165, 1.54) is 6.33 Å². The Kier molecular flexibility index (Phi) is 4.83. The van der Waals surface area contributed by atoms with Gasteiger partial charge in [-0.15, -0.1) is 0 Å². The molecule has 156 valence electrons. The van der Waals surface area contributed by atoms with Gasteiger partial charge in [-0.05, 0) is 25.3 Å². The molecule has 2 heterocycles. The Bertz CT molecular complexity index is 1010. The fourth-order valence-electron chi connectivity index (χ4n) is 3.95. The first-order valence-electron chi connectivity index (χ1n) is 9.63. The summed E-state index contributed by atoms with van der Waals surface area (Å²) >= 11 is 0. The molecule has 1 aliphatic carbocycles. The van der Waals surface area contributed by atoms with Crippen LogP contribution in [0.5, 0.6) is 0 Å². The number of nitrogens with zero attached hydrogens (tertiary/aromatic N) is 3. The SMILES string of the molecule is Cc1ncncc1-c1ccc(C(=O)CN2C(=O)NC3(CCC(F)(F)CC3)C2=O)cc1. The van der Waals surface area contributed by atoms with E-state index in [0.29, 0.717) is 5.56 Å². The molecule has 2 fully saturated rings. The number of Topliss-reactive ketones (excluding diaryl/α,β-unsaturated/α-hetero) is 1. The largest absolute Gasteiger partial charge is 0.325 e. The minimum atomic E-state index is -2.83. The molecule has 7 nitrogen and oxygen atoms in total. The van der Waals surface area contributed by atoms with Gasteiger partial charge in [-0.25, -0.2) is 23.5 Å². The van der Waals surface area contributed by atoms with E-state index >= 15 is 0 Å². The molecule has 0 atom stereocenters. The average molecular weight is 414 g/mol. The molecule has 3 amide bonds. The first kappa shape index (κ1) is 20.1. The predicted octanol–water partition coefficient (Wildman–Crippen LogP) is 3.13. The second kappa shape index (κ2) is 7.23. The van der Waals surface area contributed by atoms with Crippen molar-refractivity contribution in [1.29, 1.82) is 0 Å². The number of aromatic nitrogens is 2. The Hall–Kier alpha value is -3.23. The molecule has 1 aromatic carbocycles. The summed E-state index contributed by atoms with van der Waals surface area (Å²) in [5, 5.41) is 2.54. The minimum absolute atomic E-state index is 0.136. The molecule has 1 spiro atoms. The van der Waals surface area contributed by atoms with E-state index in [9.17, 15) is 23.2 Å². The van der Waals surface area contributed by atoms with Gasteiger partial charge in [0.25, 0.3) is 5.91 Å². The van der Waals surface area contributed by atoms with Crippen molar-refractivity contribution in [3.63, 3.8) is 0 Å². The van der Waals surface area contributed by atoms with Gasteiger partial charge in [-0.1, -0.05) is 24.3 Å². The van der Waals surface area contributed by atoms with Crippen LogP contribution in [0.25, 0.3) is 11.1 Å². The van der Waals surface area contributed by atoms with Crippen LogP contribution < -0.4 is 5.32 Å². The average Bonchev–Trinajstić information content (AvgIpc) is 2.95. The van der Waals surface area contributed by atoms with Crippen molar-refractivity contribution in [2.24, 2.45) is 0 Å². The number of halogens is 2. The highest BCUT2D eigenvalue weighted by molar-refractivity contribution is 6.11. The number of hydrogen-bond acceptors (Lipinski definition) is 5. The first-order chi connectivity index (χ1) is 14.2. The number of alkyl halides is 2. The molecular weight excluding hydrogens is 394 g/mol. The molecule has 1 saturated heterocycles. The van der Waals surface area contributed by atoms with Gasteiger partial charge in [0.2, 0.25) is 5.92 Å². The number of urea groups is 1. The molecule has 1 aromatic heterocycles. The number of rotatable bonds is 4. The van der Waals surface area contributed by atoms with Crippen molar-refractivity contribution < 1.29 is 23.2 Å². The van der Waals surface area contributed by atoms with Gasteiger partial charge in [0.15, 0.2) is 5.78 Å². The van der Waals surface area contributed by atoms with E-state index in [2.05, 4.69) is 15.3 Å². The van der Waals surface area contributed by atoms with E-state index < -0.39 is 48.6 Å². The standard InChI is InChI=1S/C21H20F2N4O3/c1-13-16(10-24-12-25-13)14-2-4-15(5-3-14)17(28)11-27-18(29)20(26-19(27)30)6-8-21(22,23)9-7-20/h2-5,10,12H,6-9,11H2,1H3,(H,26,30). The Morgan fingerprint density at radius 1 is 1.13 bits per heavy atom. The number of nitrogens with one attached hydrogen (secondary N) is 1. The predicted molar refractivity (Wildman–Crippen MR) is 103 cm³/mol. The molecule has 0 radical (unpaired) electrons. The number of hydrogen-bond donors (Lipinski definition) is 1. The normalized spacial score (nSPS) is 19.8. The van der Waals surface area contributed by atoms with Gasteiger partial charge in [-0.3, -0.25) is 14.5 Å². The monoisotopic (exact) mass is 414 g/mol.